The molecule has 4 nitrogen and oxygen atoms in total. The minimum atomic E-state index is -0.586. The van der Waals surface area contributed by atoms with Crippen LogP contribution in [0.5, 0.6) is 5.75 Å². The van der Waals surface area contributed by atoms with Crippen LogP contribution in [0.25, 0.3) is 0 Å². The molecule has 6 heteroatoms. The topological polar surface area (TPSA) is 44.7 Å². The molecule has 0 saturated carbocycles. The van der Waals surface area contributed by atoms with Crippen LogP contribution in [0.2, 0.25) is 10.0 Å². The Balaban J connectivity index is 2.31. The fourth-order valence-corrected chi connectivity index (χ4v) is 1.81. The Morgan fingerprint density at radius 1 is 1.29 bits per heavy atom. The van der Waals surface area contributed by atoms with Gasteiger partial charge in [-0.3, -0.25) is 0 Å². The zero-order valence-electron chi connectivity index (χ0n) is 13.0. The summed E-state index contributed by atoms with van der Waals surface area (Å²) in [7, 11) is 4.07. The van der Waals surface area contributed by atoms with Crippen molar-refractivity contribution >= 4 is 23.2 Å². The molecule has 0 fully saturated rings. The van der Waals surface area contributed by atoms with Gasteiger partial charge in [-0.15, -0.1) is 0 Å². The van der Waals surface area contributed by atoms with E-state index in [2.05, 4.69) is 24.1 Å². The van der Waals surface area contributed by atoms with Gasteiger partial charge in [-0.1, -0.05) is 23.2 Å². The molecule has 0 aromatic heterocycles. The Morgan fingerprint density at radius 2 is 1.95 bits per heavy atom. The highest BCUT2D eigenvalue weighted by Gasteiger charge is 2.20. The largest absolute Gasteiger partial charge is 0.491 e. The molecule has 0 aliphatic heterocycles. The first-order valence-corrected chi connectivity index (χ1v) is 7.62. The number of ether oxygens (including phenoxy) is 1. The molecular formula is C15H24Cl2N2O2. The normalized spacial score (nSPS) is 13.5. The third-order valence-electron chi connectivity index (χ3n) is 3.48. The molecule has 0 heterocycles. The molecule has 1 atom stereocenters. The van der Waals surface area contributed by atoms with Crippen LogP contribution >= 0.6 is 23.2 Å². The molecule has 0 aliphatic carbocycles. The number of hydrogen-bond acceptors (Lipinski definition) is 4. The Hall–Kier alpha value is -0.520. The number of hydrogen-bond donors (Lipinski definition) is 2. The van der Waals surface area contributed by atoms with E-state index in [0.717, 1.165) is 6.54 Å². The lowest BCUT2D eigenvalue weighted by atomic mass is 10.0. The summed E-state index contributed by atoms with van der Waals surface area (Å²) in [6, 6.07) is 5.03. The van der Waals surface area contributed by atoms with E-state index in [-0.39, 0.29) is 12.1 Å². The molecule has 0 aliphatic rings. The molecule has 1 unspecified atom stereocenters. The third-order valence-corrected chi connectivity index (χ3v) is 4.22. The Kier molecular flexibility index (Phi) is 7.24. The van der Waals surface area contributed by atoms with Crippen molar-refractivity contribution in [3.8, 4) is 5.75 Å². The molecule has 0 bridgehead atoms. The number of likely N-dealkylation sites (N-methyl/N-ethyl adjacent to an activating group) is 1. The predicted molar refractivity (Wildman–Crippen MR) is 88.6 cm³/mol. The van der Waals surface area contributed by atoms with Crippen LogP contribution in [0.4, 0.5) is 0 Å². The predicted octanol–water partition coefficient (Wildman–Crippen LogP) is 2.66. The summed E-state index contributed by atoms with van der Waals surface area (Å²) >= 11 is 11.7. The average Bonchev–Trinajstić information content (AvgIpc) is 2.39. The Labute approximate surface area is 137 Å². The number of nitrogens with one attached hydrogen (secondary N) is 1. The van der Waals surface area contributed by atoms with E-state index in [0.29, 0.717) is 22.3 Å². The molecule has 120 valence electrons. The lowest BCUT2D eigenvalue weighted by Gasteiger charge is -2.33. The van der Waals surface area contributed by atoms with Gasteiger partial charge in [-0.2, -0.15) is 0 Å². The zero-order chi connectivity index (χ0) is 16.0. The van der Waals surface area contributed by atoms with Crippen molar-refractivity contribution in [1.82, 2.24) is 10.2 Å². The molecule has 2 N–H and O–H groups in total. The summed E-state index contributed by atoms with van der Waals surface area (Å²) in [4.78, 5) is 2.14. The van der Waals surface area contributed by atoms with Crippen molar-refractivity contribution in [2.24, 2.45) is 0 Å². The van der Waals surface area contributed by atoms with Crippen LogP contribution in [-0.2, 0) is 0 Å². The number of halogens is 2. The number of benzene rings is 1. The van der Waals surface area contributed by atoms with Crippen molar-refractivity contribution in [3.63, 3.8) is 0 Å². The van der Waals surface area contributed by atoms with E-state index in [4.69, 9.17) is 27.9 Å². The molecule has 1 aromatic rings. The zero-order valence-corrected chi connectivity index (χ0v) is 14.5. The van der Waals surface area contributed by atoms with Gasteiger partial charge in [-0.25, -0.2) is 0 Å². The van der Waals surface area contributed by atoms with Crippen LogP contribution in [0.15, 0.2) is 18.2 Å². The molecule has 0 amide bonds. The molecule has 0 radical (unpaired) electrons. The van der Waals surface area contributed by atoms with Gasteiger partial charge in [0.1, 0.15) is 18.5 Å². The van der Waals surface area contributed by atoms with Gasteiger partial charge in [0.2, 0.25) is 0 Å². The minimum absolute atomic E-state index is 0.0320. The summed E-state index contributed by atoms with van der Waals surface area (Å²) in [6.07, 6.45) is -0.586. The lowest BCUT2D eigenvalue weighted by molar-refractivity contribution is 0.100. The van der Waals surface area contributed by atoms with Crippen LogP contribution in [0.1, 0.15) is 13.8 Å². The second-order valence-corrected chi connectivity index (χ2v) is 6.69. The fraction of sp³-hybridized carbons (Fsp3) is 0.600. The summed E-state index contributed by atoms with van der Waals surface area (Å²) in [5.74, 6) is 0.595. The second-order valence-electron chi connectivity index (χ2n) is 5.88. The first-order valence-electron chi connectivity index (χ1n) is 6.86. The summed E-state index contributed by atoms with van der Waals surface area (Å²) < 4.78 is 5.49. The van der Waals surface area contributed by atoms with Crippen LogP contribution < -0.4 is 10.1 Å². The van der Waals surface area contributed by atoms with Crippen molar-refractivity contribution < 1.29 is 9.84 Å². The van der Waals surface area contributed by atoms with E-state index in [1.165, 1.54) is 0 Å². The van der Waals surface area contributed by atoms with E-state index >= 15 is 0 Å². The van der Waals surface area contributed by atoms with Crippen LogP contribution in [0.3, 0.4) is 0 Å². The van der Waals surface area contributed by atoms with Gasteiger partial charge >= 0.3 is 0 Å². The molecule has 21 heavy (non-hydrogen) atoms. The number of aliphatic hydroxyl groups is 1. The maximum Gasteiger partial charge on any atom is 0.121 e. The SMILES string of the molecule is CN(C)C(C)(C)CNCC(O)COc1ccc(Cl)c(Cl)c1. The van der Waals surface area contributed by atoms with Crippen LogP contribution in [0, 0.1) is 0 Å². The first kappa shape index (κ1) is 18.5. The molecule has 0 spiro atoms. The first-order chi connectivity index (χ1) is 9.72. The third kappa shape index (κ3) is 6.41. The van der Waals surface area contributed by atoms with E-state index < -0.39 is 6.10 Å². The molecule has 1 aromatic carbocycles. The smallest absolute Gasteiger partial charge is 0.121 e. The van der Waals surface area contributed by atoms with E-state index in [1.807, 2.05) is 14.1 Å². The van der Waals surface area contributed by atoms with Crippen molar-refractivity contribution in [2.45, 2.75) is 25.5 Å². The van der Waals surface area contributed by atoms with Gasteiger partial charge in [0.05, 0.1) is 10.0 Å². The van der Waals surface area contributed by atoms with Gasteiger partial charge < -0.3 is 20.1 Å². The molecular weight excluding hydrogens is 311 g/mol. The van der Waals surface area contributed by atoms with Crippen LogP contribution in [-0.4, -0.2) is 55.4 Å². The van der Waals surface area contributed by atoms with Crippen molar-refractivity contribution in [3.05, 3.63) is 28.2 Å². The van der Waals surface area contributed by atoms with Gasteiger partial charge in [-0.05, 0) is 40.1 Å². The van der Waals surface area contributed by atoms with Gasteiger partial charge in [0.15, 0.2) is 0 Å². The standard InChI is InChI=1S/C15H24Cl2N2O2/c1-15(2,19(3)4)10-18-8-11(20)9-21-12-5-6-13(16)14(17)7-12/h5-7,11,18,20H,8-10H2,1-4H3. The summed E-state index contributed by atoms with van der Waals surface area (Å²) in [6.45, 7) is 5.73. The number of nitrogens with zero attached hydrogens (tertiary/aromatic N) is 1. The maximum atomic E-state index is 9.91. The molecule has 0 saturated heterocycles. The minimum Gasteiger partial charge on any atom is -0.491 e. The summed E-state index contributed by atoms with van der Waals surface area (Å²) in [5, 5.41) is 14.1. The fourth-order valence-electron chi connectivity index (χ4n) is 1.52. The van der Waals surface area contributed by atoms with E-state index in [1.54, 1.807) is 18.2 Å². The second kappa shape index (κ2) is 8.20. The average molecular weight is 335 g/mol. The molecule has 1 rings (SSSR count). The monoisotopic (exact) mass is 334 g/mol. The van der Waals surface area contributed by atoms with Gasteiger partial charge in [0, 0.05) is 24.7 Å². The van der Waals surface area contributed by atoms with E-state index in [9.17, 15) is 5.11 Å². The maximum absolute atomic E-state index is 9.91. The Bertz CT molecular complexity index is 453. The van der Waals surface area contributed by atoms with Crippen molar-refractivity contribution in [2.75, 3.05) is 33.8 Å². The quantitative estimate of drug-likeness (QED) is 0.767. The van der Waals surface area contributed by atoms with Crippen molar-refractivity contribution in [1.29, 1.82) is 0 Å². The van der Waals surface area contributed by atoms with Gasteiger partial charge in [0.25, 0.3) is 0 Å². The Morgan fingerprint density at radius 3 is 2.52 bits per heavy atom. The lowest BCUT2D eigenvalue weighted by Crippen LogP contribution is -2.48. The number of aliphatic hydroxyl groups excluding tert-OH is 1. The number of rotatable bonds is 8. The highest BCUT2D eigenvalue weighted by molar-refractivity contribution is 6.42. The highest BCUT2D eigenvalue weighted by Crippen LogP contribution is 2.26. The summed E-state index contributed by atoms with van der Waals surface area (Å²) in [5.41, 5.74) is 0.0320. The highest BCUT2D eigenvalue weighted by atomic mass is 35.5.